The second-order valence-corrected chi connectivity index (χ2v) is 13.0. The second-order valence-electron chi connectivity index (χ2n) is 13.0. The summed E-state index contributed by atoms with van der Waals surface area (Å²) in [5, 5.41) is 7.18. The van der Waals surface area contributed by atoms with Crippen LogP contribution in [-0.4, -0.2) is 9.97 Å². The average Bonchev–Trinajstić information content (AvgIpc) is 3.60. The summed E-state index contributed by atoms with van der Waals surface area (Å²) in [6.07, 6.45) is 0. The Kier molecular flexibility index (Phi) is 6.81. The van der Waals surface area contributed by atoms with E-state index in [1.807, 2.05) is 24.3 Å². The summed E-state index contributed by atoms with van der Waals surface area (Å²) >= 11 is 0. The van der Waals surface area contributed by atoms with Crippen molar-refractivity contribution in [2.45, 2.75) is 0 Å². The third kappa shape index (κ3) is 5.06. The van der Waals surface area contributed by atoms with E-state index in [-0.39, 0.29) is 0 Å². The highest BCUT2D eigenvalue weighted by atomic mass is 16.3. The molecule has 8 aromatic carbocycles. The summed E-state index contributed by atoms with van der Waals surface area (Å²) in [5.74, 6) is 0.667. The topological polar surface area (TPSA) is 38.9 Å². The molecule has 0 aliphatic carbocycles. The van der Waals surface area contributed by atoms with Gasteiger partial charge in [-0.05, 0) is 68.1 Å². The third-order valence-corrected chi connectivity index (χ3v) is 9.92. The molecule has 10 rings (SSSR count). The van der Waals surface area contributed by atoms with Crippen LogP contribution in [0, 0.1) is 0 Å². The normalized spacial score (nSPS) is 11.5. The van der Waals surface area contributed by atoms with Crippen LogP contribution >= 0.6 is 0 Å². The van der Waals surface area contributed by atoms with Crippen molar-refractivity contribution in [1.82, 2.24) is 9.97 Å². The van der Waals surface area contributed by atoms with Crippen LogP contribution in [0.25, 0.3) is 99.6 Å². The van der Waals surface area contributed by atoms with Gasteiger partial charge in [0.2, 0.25) is 0 Å². The molecule has 3 nitrogen and oxygen atoms in total. The fourth-order valence-electron chi connectivity index (χ4n) is 7.37. The Morgan fingerprint density at radius 1 is 0.333 bits per heavy atom. The van der Waals surface area contributed by atoms with Crippen molar-refractivity contribution >= 4 is 43.5 Å². The van der Waals surface area contributed by atoms with Gasteiger partial charge in [-0.1, -0.05) is 158 Å². The highest BCUT2D eigenvalue weighted by Crippen LogP contribution is 2.39. The van der Waals surface area contributed by atoms with E-state index in [1.165, 1.54) is 38.2 Å². The number of hydrogen-bond acceptors (Lipinski definition) is 3. The molecule has 0 saturated carbocycles. The fourth-order valence-corrected chi connectivity index (χ4v) is 7.37. The standard InChI is InChI=1S/C48H30N2O/c1-2-11-31(12-3-1)32-21-27-35(28-22-32)48-49-44(30-45(50-48)42-19-10-18-41-40-17-8-9-20-46(40)51-47(41)42)34-25-23-33(24-26-34)43-29-36-13-4-5-14-37(36)38-15-6-7-16-39(38)43/h1-30H. The zero-order chi connectivity index (χ0) is 33.7. The molecular weight excluding hydrogens is 621 g/mol. The SMILES string of the molecule is c1ccc(-c2ccc(-c3nc(-c4ccc(-c5cc6ccccc6c6ccccc56)cc4)cc(-c4cccc5c4oc4ccccc45)n3)cc2)cc1. The van der Waals surface area contributed by atoms with Crippen LogP contribution < -0.4 is 0 Å². The third-order valence-electron chi connectivity index (χ3n) is 9.92. The smallest absolute Gasteiger partial charge is 0.160 e. The first-order chi connectivity index (χ1) is 25.3. The predicted molar refractivity (Wildman–Crippen MR) is 212 cm³/mol. The molecule has 0 saturated heterocycles. The number of aromatic nitrogens is 2. The molecular formula is C48H30N2O. The number of benzene rings is 8. The molecule has 0 amide bonds. The van der Waals surface area contributed by atoms with Gasteiger partial charge in [0.15, 0.2) is 5.82 Å². The number of hydrogen-bond donors (Lipinski definition) is 0. The average molecular weight is 651 g/mol. The van der Waals surface area contributed by atoms with Crippen molar-refractivity contribution in [3.8, 4) is 56.2 Å². The molecule has 2 heterocycles. The molecule has 0 N–H and O–H groups in total. The molecule has 0 aliphatic rings. The van der Waals surface area contributed by atoms with Crippen LogP contribution in [0.5, 0.6) is 0 Å². The van der Waals surface area contributed by atoms with Gasteiger partial charge in [-0.2, -0.15) is 0 Å². The number of rotatable bonds is 5. The molecule has 0 atom stereocenters. The lowest BCUT2D eigenvalue weighted by atomic mass is 9.93. The van der Waals surface area contributed by atoms with Crippen molar-refractivity contribution in [2.24, 2.45) is 0 Å². The monoisotopic (exact) mass is 650 g/mol. The highest BCUT2D eigenvalue weighted by Gasteiger charge is 2.17. The van der Waals surface area contributed by atoms with E-state index in [9.17, 15) is 0 Å². The molecule has 3 heteroatoms. The first-order valence-corrected chi connectivity index (χ1v) is 17.2. The molecule has 0 bridgehead atoms. The quantitative estimate of drug-likeness (QED) is 0.174. The summed E-state index contributed by atoms with van der Waals surface area (Å²) in [4.78, 5) is 10.4. The minimum absolute atomic E-state index is 0.667. The minimum Gasteiger partial charge on any atom is -0.455 e. The van der Waals surface area contributed by atoms with Crippen LogP contribution in [0.2, 0.25) is 0 Å². The van der Waals surface area contributed by atoms with Crippen LogP contribution in [0.3, 0.4) is 0 Å². The summed E-state index contributed by atoms with van der Waals surface area (Å²) in [6.45, 7) is 0. The van der Waals surface area contributed by atoms with Crippen molar-refractivity contribution in [1.29, 1.82) is 0 Å². The van der Waals surface area contributed by atoms with E-state index in [0.29, 0.717) is 5.82 Å². The number of nitrogens with zero attached hydrogens (tertiary/aromatic N) is 2. The van der Waals surface area contributed by atoms with Crippen molar-refractivity contribution in [3.63, 3.8) is 0 Å². The van der Waals surface area contributed by atoms with E-state index < -0.39 is 0 Å². The van der Waals surface area contributed by atoms with E-state index in [1.54, 1.807) is 0 Å². The fraction of sp³-hybridized carbons (Fsp3) is 0. The summed E-state index contributed by atoms with van der Waals surface area (Å²) in [7, 11) is 0. The lowest BCUT2D eigenvalue weighted by Gasteiger charge is -2.13. The number of fused-ring (bicyclic) bond motifs is 6. The van der Waals surface area contributed by atoms with Crippen LogP contribution in [0.1, 0.15) is 0 Å². The summed E-state index contributed by atoms with van der Waals surface area (Å²) < 4.78 is 6.46. The van der Waals surface area contributed by atoms with Gasteiger partial charge in [-0.3, -0.25) is 0 Å². The van der Waals surface area contributed by atoms with Gasteiger partial charge in [-0.15, -0.1) is 0 Å². The molecule has 0 spiro atoms. The van der Waals surface area contributed by atoms with Gasteiger partial charge in [0, 0.05) is 27.5 Å². The molecule has 0 unspecified atom stereocenters. The van der Waals surface area contributed by atoms with Gasteiger partial charge in [0.05, 0.1) is 11.4 Å². The first kappa shape index (κ1) is 29.1. The Morgan fingerprint density at radius 2 is 0.922 bits per heavy atom. The minimum atomic E-state index is 0.667. The van der Waals surface area contributed by atoms with Gasteiger partial charge >= 0.3 is 0 Å². The maximum atomic E-state index is 6.46. The number of para-hydroxylation sites is 2. The molecule has 51 heavy (non-hydrogen) atoms. The van der Waals surface area contributed by atoms with E-state index >= 15 is 0 Å². The summed E-state index contributed by atoms with van der Waals surface area (Å²) in [5.41, 5.74) is 11.0. The van der Waals surface area contributed by atoms with Crippen molar-refractivity contribution < 1.29 is 4.42 Å². The summed E-state index contributed by atoms with van der Waals surface area (Å²) in [6, 6.07) is 63.9. The van der Waals surface area contributed by atoms with Gasteiger partial charge < -0.3 is 4.42 Å². The van der Waals surface area contributed by atoms with E-state index in [2.05, 4.69) is 158 Å². The Balaban J connectivity index is 1.12. The maximum Gasteiger partial charge on any atom is 0.160 e. The molecule has 0 fully saturated rings. The Hall–Kier alpha value is -6.84. The van der Waals surface area contributed by atoms with Crippen molar-refractivity contribution in [3.05, 3.63) is 182 Å². The molecule has 2 aromatic heterocycles. The lowest BCUT2D eigenvalue weighted by molar-refractivity contribution is 0.670. The van der Waals surface area contributed by atoms with Crippen LogP contribution in [0.4, 0.5) is 0 Å². The van der Waals surface area contributed by atoms with Gasteiger partial charge in [0.1, 0.15) is 11.2 Å². The van der Waals surface area contributed by atoms with Crippen molar-refractivity contribution in [2.75, 3.05) is 0 Å². The zero-order valence-electron chi connectivity index (χ0n) is 27.6. The highest BCUT2D eigenvalue weighted by molar-refractivity contribution is 6.14. The first-order valence-electron chi connectivity index (χ1n) is 17.2. The molecule has 0 aliphatic heterocycles. The van der Waals surface area contributed by atoms with Crippen LogP contribution in [-0.2, 0) is 0 Å². The second kappa shape index (κ2) is 11.9. The van der Waals surface area contributed by atoms with E-state index in [0.717, 1.165) is 55.6 Å². The molecule has 238 valence electrons. The maximum absolute atomic E-state index is 6.46. The van der Waals surface area contributed by atoms with Gasteiger partial charge in [0.25, 0.3) is 0 Å². The zero-order valence-corrected chi connectivity index (χ0v) is 27.6. The number of furan rings is 1. The predicted octanol–water partition coefficient (Wildman–Crippen LogP) is 13.0. The Labute approximate surface area is 295 Å². The van der Waals surface area contributed by atoms with E-state index in [4.69, 9.17) is 14.4 Å². The largest absolute Gasteiger partial charge is 0.455 e. The molecule has 10 aromatic rings. The Bertz CT molecular complexity index is 2890. The Morgan fingerprint density at radius 3 is 1.75 bits per heavy atom. The molecule has 0 radical (unpaired) electrons. The van der Waals surface area contributed by atoms with Gasteiger partial charge in [-0.25, -0.2) is 9.97 Å². The van der Waals surface area contributed by atoms with Crippen LogP contribution in [0.15, 0.2) is 186 Å². The lowest BCUT2D eigenvalue weighted by Crippen LogP contribution is -1.96.